The van der Waals surface area contributed by atoms with E-state index in [0.717, 1.165) is 16.7 Å². The van der Waals surface area contributed by atoms with E-state index >= 15 is 0 Å². The van der Waals surface area contributed by atoms with E-state index in [0.29, 0.717) is 33.6 Å². The first-order valence-electron chi connectivity index (χ1n) is 12.8. The second-order valence-electron chi connectivity index (χ2n) is 9.70. The third-order valence-corrected chi connectivity index (χ3v) is 8.52. The maximum absolute atomic E-state index is 13.6. The van der Waals surface area contributed by atoms with E-state index < -0.39 is 15.9 Å². The van der Waals surface area contributed by atoms with Crippen molar-refractivity contribution in [2.24, 2.45) is 5.10 Å². The van der Waals surface area contributed by atoms with Crippen LogP contribution in [0.25, 0.3) is 5.65 Å². The van der Waals surface area contributed by atoms with Gasteiger partial charge in [0.05, 0.1) is 23.3 Å². The first-order chi connectivity index (χ1) is 19.6. The van der Waals surface area contributed by atoms with Crippen LogP contribution in [0, 0.1) is 20.8 Å². The molecule has 3 heterocycles. The van der Waals surface area contributed by atoms with Crippen LogP contribution in [0.2, 0.25) is 5.02 Å². The Balaban J connectivity index is 1.33. The van der Waals surface area contributed by atoms with Gasteiger partial charge in [0.2, 0.25) is 10.0 Å². The highest BCUT2D eigenvalue weighted by molar-refractivity contribution is 7.89. The van der Waals surface area contributed by atoms with Crippen LogP contribution in [0.1, 0.15) is 44.4 Å². The first kappa shape index (κ1) is 28.3. The fourth-order valence-electron chi connectivity index (χ4n) is 4.35. The van der Waals surface area contributed by atoms with E-state index in [-0.39, 0.29) is 18.0 Å². The SMILES string of the molecule is Cc1ccc(CN(Cc2ccc(/C=N/NC(=O)c3c(C)nc4ccc(C)cn34)o2)S(=O)(=O)c2ccc(Cl)cc2)cc1. The molecule has 1 amide bonds. The Kier molecular flexibility index (Phi) is 8.07. The van der Waals surface area contributed by atoms with Crippen molar-refractivity contribution < 1.29 is 17.6 Å². The molecule has 0 fully saturated rings. The Morgan fingerprint density at radius 1 is 0.976 bits per heavy atom. The molecule has 5 aromatic rings. The maximum Gasteiger partial charge on any atom is 0.290 e. The number of aryl methyl sites for hydroxylation is 3. The number of nitrogens with one attached hydrogen (secondary N) is 1. The number of furan rings is 1. The molecule has 0 bridgehead atoms. The van der Waals surface area contributed by atoms with Crippen molar-refractivity contribution in [1.82, 2.24) is 19.1 Å². The number of hydrogen-bond donors (Lipinski definition) is 1. The summed E-state index contributed by atoms with van der Waals surface area (Å²) in [5, 5.41) is 4.48. The van der Waals surface area contributed by atoms with Gasteiger partial charge in [-0.3, -0.25) is 9.20 Å². The van der Waals surface area contributed by atoms with Gasteiger partial charge in [0.1, 0.15) is 22.9 Å². The third-order valence-electron chi connectivity index (χ3n) is 6.46. The van der Waals surface area contributed by atoms with Crippen LogP contribution >= 0.6 is 11.6 Å². The summed E-state index contributed by atoms with van der Waals surface area (Å²) in [4.78, 5) is 17.4. The van der Waals surface area contributed by atoms with Crippen LogP contribution in [0.5, 0.6) is 0 Å². The number of nitrogens with zero attached hydrogens (tertiary/aromatic N) is 4. The van der Waals surface area contributed by atoms with E-state index in [4.69, 9.17) is 16.0 Å². The highest BCUT2D eigenvalue weighted by Crippen LogP contribution is 2.23. The van der Waals surface area contributed by atoms with E-state index in [9.17, 15) is 13.2 Å². The average Bonchev–Trinajstić information content (AvgIpc) is 3.52. The van der Waals surface area contributed by atoms with Gasteiger partial charge in [0, 0.05) is 17.8 Å². The molecule has 3 aromatic heterocycles. The number of halogens is 1. The summed E-state index contributed by atoms with van der Waals surface area (Å²) in [6.45, 7) is 5.80. The number of carbonyl (C=O) groups is 1. The van der Waals surface area contributed by atoms with Crippen LogP contribution in [0.3, 0.4) is 0 Å². The molecule has 9 nitrogen and oxygen atoms in total. The number of aromatic nitrogens is 2. The van der Waals surface area contributed by atoms with E-state index in [1.54, 1.807) is 35.6 Å². The summed E-state index contributed by atoms with van der Waals surface area (Å²) >= 11 is 5.98. The highest BCUT2D eigenvalue weighted by Gasteiger charge is 2.26. The maximum atomic E-state index is 13.6. The number of hydrazone groups is 1. The van der Waals surface area contributed by atoms with Crippen LogP contribution in [-0.2, 0) is 23.1 Å². The van der Waals surface area contributed by atoms with Gasteiger partial charge in [-0.25, -0.2) is 18.8 Å². The molecule has 5 rings (SSSR count). The first-order valence-corrected chi connectivity index (χ1v) is 14.6. The predicted octanol–water partition coefficient (Wildman–Crippen LogP) is 5.66. The molecule has 2 aromatic carbocycles. The van der Waals surface area contributed by atoms with Crippen molar-refractivity contribution in [1.29, 1.82) is 0 Å². The normalized spacial score (nSPS) is 12.0. The minimum absolute atomic E-state index is 0.0145. The van der Waals surface area contributed by atoms with Crippen molar-refractivity contribution >= 4 is 39.4 Å². The number of pyridine rings is 1. The summed E-state index contributed by atoms with van der Waals surface area (Å²) in [5.41, 5.74) is 7.06. The second kappa shape index (κ2) is 11.7. The van der Waals surface area contributed by atoms with Crippen LogP contribution < -0.4 is 5.43 Å². The van der Waals surface area contributed by atoms with Gasteiger partial charge in [0.25, 0.3) is 5.91 Å². The van der Waals surface area contributed by atoms with Gasteiger partial charge >= 0.3 is 0 Å². The second-order valence-corrected chi connectivity index (χ2v) is 12.1. The molecule has 0 atom stereocenters. The molecule has 0 saturated heterocycles. The Morgan fingerprint density at radius 3 is 2.41 bits per heavy atom. The van der Waals surface area contributed by atoms with Crippen molar-refractivity contribution in [3.05, 3.63) is 124 Å². The zero-order valence-electron chi connectivity index (χ0n) is 22.7. The fourth-order valence-corrected chi connectivity index (χ4v) is 5.87. The number of benzene rings is 2. The monoisotopic (exact) mass is 589 g/mol. The number of carbonyl (C=O) groups excluding carboxylic acids is 1. The molecule has 11 heteroatoms. The number of imidazole rings is 1. The summed E-state index contributed by atoms with van der Waals surface area (Å²) in [6.07, 6.45) is 3.20. The molecule has 1 N–H and O–H groups in total. The van der Waals surface area contributed by atoms with Crippen molar-refractivity contribution in [2.45, 2.75) is 38.8 Å². The zero-order valence-corrected chi connectivity index (χ0v) is 24.3. The standard InChI is InChI=1S/C30H28ClN5O4S/c1-20-4-7-23(8-5-20)18-35(41(38,39)27-13-9-24(31)10-14-27)19-26-12-11-25(40-26)16-32-34-30(37)29-22(3)33-28-15-6-21(2)17-36(28)29/h4-17H,18-19H2,1-3H3,(H,34,37)/b32-16+. The zero-order chi connectivity index (χ0) is 29.1. The fraction of sp³-hybridized carbons (Fsp3) is 0.167. The van der Waals surface area contributed by atoms with Crippen molar-refractivity contribution in [3.8, 4) is 0 Å². The molecule has 0 radical (unpaired) electrons. The number of hydrogen-bond acceptors (Lipinski definition) is 6. The Morgan fingerprint density at radius 2 is 1.68 bits per heavy atom. The molecule has 0 aliphatic rings. The van der Waals surface area contributed by atoms with Crippen LogP contribution in [0.15, 0.2) is 93.4 Å². The molecular formula is C30H28ClN5O4S. The number of rotatable bonds is 9. The van der Waals surface area contributed by atoms with Gasteiger partial charge in [-0.2, -0.15) is 9.41 Å². The Bertz CT molecular complexity index is 1840. The number of amides is 1. The quantitative estimate of drug-likeness (QED) is 0.176. The lowest BCUT2D eigenvalue weighted by molar-refractivity contribution is 0.0948. The van der Waals surface area contributed by atoms with Gasteiger partial charge in [-0.05, 0) is 74.4 Å². The lowest BCUT2D eigenvalue weighted by Crippen LogP contribution is -2.30. The van der Waals surface area contributed by atoms with Gasteiger partial charge < -0.3 is 4.42 Å². The smallest absolute Gasteiger partial charge is 0.290 e. The molecule has 210 valence electrons. The lowest BCUT2D eigenvalue weighted by atomic mass is 10.1. The molecule has 0 aliphatic heterocycles. The van der Waals surface area contributed by atoms with Gasteiger partial charge in [0.15, 0.2) is 0 Å². The Labute approximate surface area is 243 Å². The van der Waals surface area contributed by atoms with E-state index in [1.165, 1.54) is 22.7 Å². The summed E-state index contributed by atoms with van der Waals surface area (Å²) in [7, 11) is -3.88. The molecule has 0 unspecified atom stereocenters. The predicted molar refractivity (Wildman–Crippen MR) is 157 cm³/mol. The van der Waals surface area contributed by atoms with Crippen molar-refractivity contribution in [3.63, 3.8) is 0 Å². The topological polar surface area (TPSA) is 109 Å². The number of fused-ring (bicyclic) bond motifs is 1. The third kappa shape index (κ3) is 6.40. The minimum Gasteiger partial charge on any atom is -0.459 e. The van der Waals surface area contributed by atoms with Gasteiger partial charge in [-0.15, -0.1) is 0 Å². The molecule has 41 heavy (non-hydrogen) atoms. The van der Waals surface area contributed by atoms with E-state index in [1.807, 2.05) is 56.4 Å². The molecule has 0 saturated carbocycles. The molecular weight excluding hydrogens is 562 g/mol. The lowest BCUT2D eigenvalue weighted by Gasteiger charge is -2.21. The van der Waals surface area contributed by atoms with Crippen LogP contribution in [0.4, 0.5) is 0 Å². The summed E-state index contributed by atoms with van der Waals surface area (Å²) in [6, 6.07) is 20.8. The largest absolute Gasteiger partial charge is 0.459 e. The summed E-state index contributed by atoms with van der Waals surface area (Å²) < 4.78 is 36.1. The van der Waals surface area contributed by atoms with Crippen molar-refractivity contribution in [2.75, 3.05) is 0 Å². The number of sulfonamides is 1. The average molecular weight is 590 g/mol. The highest BCUT2D eigenvalue weighted by atomic mass is 35.5. The van der Waals surface area contributed by atoms with Gasteiger partial charge in [-0.1, -0.05) is 47.5 Å². The molecule has 0 aliphatic carbocycles. The Hall–Kier alpha value is -4.25. The minimum atomic E-state index is -3.88. The summed E-state index contributed by atoms with van der Waals surface area (Å²) in [5.74, 6) is 0.350. The van der Waals surface area contributed by atoms with Crippen LogP contribution in [-0.4, -0.2) is 34.2 Å². The molecule has 0 spiro atoms. The van der Waals surface area contributed by atoms with E-state index in [2.05, 4.69) is 15.5 Å².